The lowest BCUT2D eigenvalue weighted by Gasteiger charge is -2.45. The topological polar surface area (TPSA) is 89.2 Å². The summed E-state index contributed by atoms with van der Waals surface area (Å²) in [6.07, 6.45) is 2.30. The van der Waals surface area contributed by atoms with Crippen LogP contribution in [0.3, 0.4) is 0 Å². The maximum absolute atomic E-state index is 11.6. The number of nitrogens with one attached hydrogen (secondary N) is 1. The number of benzene rings is 1. The summed E-state index contributed by atoms with van der Waals surface area (Å²) in [5.74, 6) is 1.16. The molecule has 0 aromatic heterocycles. The Kier molecular flexibility index (Phi) is 4.44. The van der Waals surface area contributed by atoms with E-state index < -0.39 is 4.92 Å². The Bertz CT molecular complexity index is 743. The zero-order valence-corrected chi connectivity index (χ0v) is 15.1. The highest BCUT2D eigenvalue weighted by Crippen LogP contribution is 2.44. The summed E-state index contributed by atoms with van der Waals surface area (Å²) >= 11 is 0. The minimum Gasteiger partial charge on any atom is -0.490 e. The lowest BCUT2D eigenvalue weighted by Crippen LogP contribution is -2.56. The van der Waals surface area contributed by atoms with Crippen LogP contribution in [0.1, 0.15) is 38.3 Å². The van der Waals surface area contributed by atoms with Crippen molar-refractivity contribution in [3.63, 3.8) is 0 Å². The van der Waals surface area contributed by atoms with Gasteiger partial charge in [0.05, 0.1) is 35.9 Å². The SMILES string of the molecule is CCOc1cc(C2NN=C3C4CCN(CC4)C32)cc([N+](=O)[O-])c1OCC. The van der Waals surface area contributed by atoms with Gasteiger partial charge in [-0.25, -0.2) is 0 Å². The first kappa shape index (κ1) is 17.1. The molecule has 4 aliphatic rings. The molecule has 0 saturated carbocycles. The molecule has 1 aromatic rings. The molecule has 2 atom stereocenters. The molecule has 4 aliphatic heterocycles. The third kappa shape index (κ3) is 2.68. The zero-order valence-electron chi connectivity index (χ0n) is 15.1. The van der Waals surface area contributed by atoms with Gasteiger partial charge in [-0.2, -0.15) is 5.10 Å². The van der Waals surface area contributed by atoms with Gasteiger partial charge >= 0.3 is 5.69 Å². The Hall–Kier alpha value is -2.35. The number of hydrazone groups is 1. The van der Waals surface area contributed by atoms with E-state index in [0.29, 0.717) is 24.9 Å². The van der Waals surface area contributed by atoms with Crippen LogP contribution in [0.15, 0.2) is 17.2 Å². The van der Waals surface area contributed by atoms with Gasteiger partial charge in [-0.15, -0.1) is 0 Å². The minimum atomic E-state index is -0.402. The van der Waals surface area contributed by atoms with Crippen LogP contribution >= 0.6 is 0 Å². The van der Waals surface area contributed by atoms with Gasteiger partial charge in [0.2, 0.25) is 5.75 Å². The van der Waals surface area contributed by atoms with Crippen molar-refractivity contribution < 1.29 is 14.4 Å². The van der Waals surface area contributed by atoms with Crippen molar-refractivity contribution in [3.05, 3.63) is 27.8 Å². The zero-order chi connectivity index (χ0) is 18.3. The van der Waals surface area contributed by atoms with Gasteiger partial charge in [0, 0.05) is 12.0 Å². The highest BCUT2D eigenvalue weighted by molar-refractivity contribution is 5.95. The fourth-order valence-corrected chi connectivity index (χ4v) is 4.39. The van der Waals surface area contributed by atoms with E-state index in [4.69, 9.17) is 9.47 Å². The number of piperidine rings is 3. The van der Waals surface area contributed by atoms with E-state index in [1.165, 1.54) is 5.71 Å². The number of hydrogen-bond donors (Lipinski definition) is 1. The molecule has 5 rings (SSSR count). The normalized spacial score (nSPS) is 28.9. The minimum absolute atomic E-state index is 0.0565. The third-order valence-corrected chi connectivity index (χ3v) is 5.49. The van der Waals surface area contributed by atoms with E-state index >= 15 is 0 Å². The van der Waals surface area contributed by atoms with E-state index in [2.05, 4.69) is 15.4 Å². The number of nitro groups is 1. The van der Waals surface area contributed by atoms with Crippen molar-refractivity contribution in [1.29, 1.82) is 0 Å². The van der Waals surface area contributed by atoms with Crippen molar-refractivity contribution in [3.8, 4) is 11.5 Å². The summed E-state index contributed by atoms with van der Waals surface area (Å²) in [7, 11) is 0. The van der Waals surface area contributed by atoms with Crippen molar-refractivity contribution in [2.45, 2.75) is 38.8 Å². The lowest BCUT2D eigenvalue weighted by atomic mass is 9.78. The van der Waals surface area contributed by atoms with Gasteiger partial charge in [0.25, 0.3) is 0 Å². The second-order valence-corrected chi connectivity index (χ2v) is 6.89. The largest absolute Gasteiger partial charge is 0.490 e. The van der Waals surface area contributed by atoms with E-state index in [-0.39, 0.29) is 23.5 Å². The van der Waals surface area contributed by atoms with Crippen LogP contribution in [0.2, 0.25) is 0 Å². The molecule has 3 saturated heterocycles. The van der Waals surface area contributed by atoms with Crippen molar-refractivity contribution in [2.24, 2.45) is 11.0 Å². The molecule has 2 bridgehead atoms. The summed E-state index contributed by atoms with van der Waals surface area (Å²) < 4.78 is 11.2. The van der Waals surface area contributed by atoms with Gasteiger partial charge in [0.15, 0.2) is 5.75 Å². The molecule has 1 N–H and O–H groups in total. The summed E-state index contributed by atoms with van der Waals surface area (Å²) in [6.45, 7) is 6.53. The molecule has 8 nitrogen and oxygen atoms in total. The van der Waals surface area contributed by atoms with Crippen molar-refractivity contribution in [1.82, 2.24) is 10.3 Å². The second-order valence-electron chi connectivity index (χ2n) is 6.89. The van der Waals surface area contributed by atoms with E-state index in [0.717, 1.165) is 31.5 Å². The maximum Gasteiger partial charge on any atom is 0.315 e. The molecule has 0 amide bonds. The quantitative estimate of drug-likeness (QED) is 0.619. The fraction of sp³-hybridized carbons (Fsp3) is 0.611. The number of fused-ring (bicyclic) bond motifs is 2. The van der Waals surface area contributed by atoms with Crippen LogP contribution in [0.4, 0.5) is 5.69 Å². The standard InChI is InChI=1S/C18H24N4O4/c1-3-25-14-10-12(9-13(22(23)24)18(14)26-4-2)16-17-15(19-20-16)11-5-7-21(17)8-6-11/h9-11,16-17,20H,3-8H2,1-2H3. The summed E-state index contributed by atoms with van der Waals surface area (Å²) in [5.41, 5.74) is 5.19. The Morgan fingerprint density at radius 3 is 2.65 bits per heavy atom. The van der Waals surface area contributed by atoms with Crippen LogP contribution < -0.4 is 14.9 Å². The first-order valence-electron chi connectivity index (χ1n) is 9.29. The molecule has 26 heavy (non-hydrogen) atoms. The van der Waals surface area contributed by atoms with E-state index in [1.807, 2.05) is 13.0 Å². The van der Waals surface area contributed by atoms with Crippen molar-refractivity contribution >= 4 is 11.4 Å². The van der Waals surface area contributed by atoms with Crippen LogP contribution in [-0.2, 0) is 0 Å². The third-order valence-electron chi connectivity index (χ3n) is 5.49. The monoisotopic (exact) mass is 360 g/mol. The van der Waals surface area contributed by atoms with Gasteiger partial charge in [-0.1, -0.05) is 0 Å². The molecule has 0 aliphatic carbocycles. The van der Waals surface area contributed by atoms with Gasteiger partial charge in [-0.05, 0) is 51.4 Å². The first-order chi connectivity index (χ1) is 12.6. The molecule has 140 valence electrons. The molecule has 0 spiro atoms. The second kappa shape index (κ2) is 6.75. The number of ether oxygens (including phenoxy) is 2. The predicted octanol–water partition coefficient (Wildman–Crippen LogP) is 2.49. The molecular formula is C18H24N4O4. The molecule has 0 radical (unpaired) electrons. The average molecular weight is 360 g/mol. The molecule has 3 fully saturated rings. The summed E-state index contributed by atoms with van der Waals surface area (Å²) in [6, 6.07) is 3.55. The fourth-order valence-electron chi connectivity index (χ4n) is 4.39. The lowest BCUT2D eigenvalue weighted by molar-refractivity contribution is -0.386. The molecule has 2 unspecified atom stereocenters. The number of rotatable bonds is 6. The highest BCUT2D eigenvalue weighted by atomic mass is 16.6. The van der Waals surface area contributed by atoms with E-state index in [1.54, 1.807) is 13.0 Å². The highest BCUT2D eigenvalue weighted by Gasteiger charge is 2.47. The Morgan fingerprint density at radius 2 is 2.00 bits per heavy atom. The predicted molar refractivity (Wildman–Crippen MR) is 96.8 cm³/mol. The molecule has 8 heteroatoms. The van der Waals surface area contributed by atoms with Gasteiger partial charge in [-0.3, -0.25) is 15.0 Å². The number of nitrogens with zero attached hydrogens (tertiary/aromatic N) is 3. The molecular weight excluding hydrogens is 336 g/mol. The van der Waals surface area contributed by atoms with Crippen LogP contribution in [0.25, 0.3) is 0 Å². The smallest absolute Gasteiger partial charge is 0.315 e. The Labute approximate surface area is 152 Å². The molecule has 1 aromatic carbocycles. The Balaban J connectivity index is 1.74. The van der Waals surface area contributed by atoms with Crippen LogP contribution in [-0.4, -0.2) is 47.9 Å². The van der Waals surface area contributed by atoms with Gasteiger partial charge in [0.1, 0.15) is 0 Å². The Morgan fingerprint density at radius 1 is 1.27 bits per heavy atom. The average Bonchev–Trinajstić information content (AvgIpc) is 3.11. The summed E-state index contributed by atoms with van der Waals surface area (Å²) in [5, 5.41) is 16.2. The summed E-state index contributed by atoms with van der Waals surface area (Å²) in [4.78, 5) is 13.7. The van der Waals surface area contributed by atoms with Crippen LogP contribution in [0.5, 0.6) is 11.5 Å². The maximum atomic E-state index is 11.6. The molecule has 4 heterocycles. The first-order valence-corrected chi connectivity index (χ1v) is 9.29. The van der Waals surface area contributed by atoms with Crippen LogP contribution in [0, 0.1) is 16.0 Å². The number of nitro benzene ring substituents is 1. The van der Waals surface area contributed by atoms with E-state index in [9.17, 15) is 10.1 Å². The number of hydrogen-bond acceptors (Lipinski definition) is 7. The van der Waals surface area contributed by atoms with Crippen molar-refractivity contribution in [2.75, 3.05) is 26.3 Å². The van der Waals surface area contributed by atoms with Gasteiger partial charge < -0.3 is 14.9 Å².